The van der Waals surface area contributed by atoms with Crippen LogP contribution in [-0.2, 0) is 4.79 Å². The van der Waals surface area contributed by atoms with Crippen molar-refractivity contribution in [3.63, 3.8) is 0 Å². The Balaban J connectivity index is 3.68. The fourth-order valence-corrected chi connectivity index (χ4v) is 1.12. The lowest BCUT2D eigenvalue weighted by molar-refractivity contribution is -0.130. The Morgan fingerprint density at radius 3 is 2.62 bits per heavy atom. The van der Waals surface area contributed by atoms with Gasteiger partial charge in [-0.2, -0.15) is 0 Å². The van der Waals surface area contributed by atoms with Crippen LogP contribution in [0.2, 0.25) is 0 Å². The van der Waals surface area contributed by atoms with E-state index in [0.717, 1.165) is 13.0 Å². The SMILES string of the molecule is CCC(C)CN(C)C(=O)CCCO. The van der Waals surface area contributed by atoms with Crippen LogP contribution in [0.25, 0.3) is 0 Å². The van der Waals surface area contributed by atoms with Crippen molar-refractivity contribution in [3.05, 3.63) is 0 Å². The van der Waals surface area contributed by atoms with Crippen LogP contribution in [0.15, 0.2) is 0 Å². The van der Waals surface area contributed by atoms with Crippen molar-refractivity contribution < 1.29 is 9.90 Å². The number of rotatable bonds is 6. The molecule has 1 N–H and O–H groups in total. The third-order valence-electron chi connectivity index (χ3n) is 2.26. The van der Waals surface area contributed by atoms with Gasteiger partial charge < -0.3 is 10.0 Å². The summed E-state index contributed by atoms with van der Waals surface area (Å²) in [5, 5.41) is 8.55. The van der Waals surface area contributed by atoms with Gasteiger partial charge in [-0.05, 0) is 12.3 Å². The molecule has 0 spiro atoms. The summed E-state index contributed by atoms with van der Waals surface area (Å²) in [5.74, 6) is 0.692. The second kappa shape index (κ2) is 6.89. The Hall–Kier alpha value is -0.570. The van der Waals surface area contributed by atoms with E-state index in [-0.39, 0.29) is 12.5 Å². The van der Waals surface area contributed by atoms with Crippen molar-refractivity contribution in [2.45, 2.75) is 33.1 Å². The third-order valence-corrected chi connectivity index (χ3v) is 2.26. The first-order chi connectivity index (χ1) is 6.11. The molecule has 13 heavy (non-hydrogen) atoms. The maximum atomic E-state index is 11.4. The summed E-state index contributed by atoms with van der Waals surface area (Å²) in [6, 6.07) is 0. The molecule has 1 unspecified atom stereocenters. The van der Waals surface area contributed by atoms with Crippen LogP contribution in [0.3, 0.4) is 0 Å². The van der Waals surface area contributed by atoms with Gasteiger partial charge in [0.1, 0.15) is 0 Å². The van der Waals surface area contributed by atoms with Gasteiger partial charge >= 0.3 is 0 Å². The Kier molecular flexibility index (Phi) is 6.59. The molecule has 0 aliphatic carbocycles. The summed E-state index contributed by atoms with van der Waals surface area (Å²) < 4.78 is 0. The number of carbonyl (C=O) groups is 1. The smallest absolute Gasteiger partial charge is 0.222 e. The van der Waals surface area contributed by atoms with Gasteiger partial charge in [0.2, 0.25) is 5.91 Å². The Morgan fingerprint density at radius 2 is 2.15 bits per heavy atom. The summed E-state index contributed by atoms with van der Waals surface area (Å²) in [6.45, 7) is 5.18. The molecule has 0 aromatic carbocycles. The highest BCUT2D eigenvalue weighted by Crippen LogP contribution is 2.04. The molecule has 3 heteroatoms. The summed E-state index contributed by atoms with van der Waals surface area (Å²) in [6.07, 6.45) is 2.13. The van der Waals surface area contributed by atoms with E-state index in [1.807, 2.05) is 7.05 Å². The summed E-state index contributed by atoms with van der Waals surface area (Å²) in [4.78, 5) is 13.1. The molecule has 0 heterocycles. The molecule has 0 rings (SSSR count). The van der Waals surface area contributed by atoms with E-state index >= 15 is 0 Å². The van der Waals surface area contributed by atoms with Crippen molar-refractivity contribution in [2.75, 3.05) is 20.2 Å². The molecule has 0 saturated carbocycles. The van der Waals surface area contributed by atoms with Crippen molar-refractivity contribution in [2.24, 2.45) is 5.92 Å². The van der Waals surface area contributed by atoms with Crippen LogP contribution < -0.4 is 0 Å². The first kappa shape index (κ1) is 12.4. The molecule has 0 aromatic heterocycles. The molecular weight excluding hydrogens is 166 g/mol. The zero-order valence-corrected chi connectivity index (χ0v) is 8.92. The van der Waals surface area contributed by atoms with E-state index in [9.17, 15) is 4.79 Å². The lowest BCUT2D eigenvalue weighted by atomic mass is 10.1. The van der Waals surface area contributed by atoms with E-state index in [4.69, 9.17) is 5.11 Å². The van der Waals surface area contributed by atoms with Gasteiger partial charge in [0.05, 0.1) is 0 Å². The van der Waals surface area contributed by atoms with Crippen LogP contribution >= 0.6 is 0 Å². The molecule has 0 aromatic rings. The van der Waals surface area contributed by atoms with Gasteiger partial charge in [0, 0.05) is 26.6 Å². The van der Waals surface area contributed by atoms with Gasteiger partial charge in [0.25, 0.3) is 0 Å². The van der Waals surface area contributed by atoms with E-state index in [2.05, 4.69) is 13.8 Å². The highest BCUT2D eigenvalue weighted by Gasteiger charge is 2.10. The predicted octanol–water partition coefficient (Wildman–Crippen LogP) is 1.26. The molecule has 0 saturated heterocycles. The molecule has 0 bridgehead atoms. The average Bonchev–Trinajstić information content (AvgIpc) is 2.13. The second-order valence-electron chi connectivity index (χ2n) is 3.61. The minimum atomic E-state index is 0.100. The number of nitrogens with zero attached hydrogens (tertiary/aromatic N) is 1. The molecule has 78 valence electrons. The number of aliphatic hydroxyl groups is 1. The summed E-state index contributed by atoms with van der Waals surface area (Å²) in [5.41, 5.74) is 0. The van der Waals surface area contributed by atoms with Crippen molar-refractivity contribution >= 4 is 5.91 Å². The topological polar surface area (TPSA) is 40.5 Å². The normalized spacial score (nSPS) is 12.6. The fraction of sp³-hybridized carbons (Fsp3) is 0.900. The first-order valence-corrected chi connectivity index (χ1v) is 4.96. The van der Waals surface area contributed by atoms with Crippen molar-refractivity contribution in [3.8, 4) is 0 Å². The number of aliphatic hydroxyl groups excluding tert-OH is 1. The minimum absolute atomic E-state index is 0.100. The monoisotopic (exact) mass is 187 g/mol. The summed E-state index contributed by atoms with van der Waals surface area (Å²) in [7, 11) is 1.83. The molecule has 1 atom stereocenters. The molecule has 1 amide bonds. The molecule has 3 nitrogen and oxygen atoms in total. The van der Waals surface area contributed by atoms with Crippen LogP contribution in [0.4, 0.5) is 0 Å². The lowest BCUT2D eigenvalue weighted by Gasteiger charge is -2.20. The minimum Gasteiger partial charge on any atom is -0.396 e. The zero-order chi connectivity index (χ0) is 10.3. The number of carbonyl (C=O) groups excluding carboxylic acids is 1. The predicted molar refractivity (Wildman–Crippen MR) is 53.4 cm³/mol. The van der Waals surface area contributed by atoms with Gasteiger partial charge in [-0.25, -0.2) is 0 Å². The summed E-state index contributed by atoms with van der Waals surface area (Å²) >= 11 is 0. The zero-order valence-electron chi connectivity index (χ0n) is 8.92. The number of hydrogen-bond acceptors (Lipinski definition) is 2. The third kappa shape index (κ3) is 5.64. The molecule has 0 aliphatic rings. The molecule has 0 radical (unpaired) electrons. The van der Waals surface area contributed by atoms with Crippen LogP contribution in [0.1, 0.15) is 33.1 Å². The van der Waals surface area contributed by atoms with Crippen molar-refractivity contribution in [1.82, 2.24) is 4.90 Å². The van der Waals surface area contributed by atoms with Crippen LogP contribution in [0, 0.1) is 5.92 Å². The largest absolute Gasteiger partial charge is 0.396 e. The van der Waals surface area contributed by atoms with E-state index in [1.165, 1.54) is 0 Å². The molecule has 0 fully saturated rings. The van der Waals surface area contributed by atoms with Gasteiger partial charge in [-0.3, -0.25) is 4.79 Å². The van der Waals surface area contributed by atoms with Gasteiger partial charge in [-0.15, -0.1) is 0 Å². The first-order valence-electron chi connectivity index (χ1n) is 4.96. The number of amides is 1. The van der Waals surface area contributed by atoms with Crippen molar-refractivity contribution in [1.29, 1.82) is 0 Å². The fourth-order valence-electron chi connectivity index (χ4n) is 1.12. The van der Waals surface area contributed by atoms with Gasteiger partial charge in [-0.1, -0.05) is 20.3 Å². The maximum absolute atomic E-state index is 11.4. The van der Waals surface area contributed by atoms with Crippen LogP contribution in [-0.4, -0.2) is 36.1 Å². The van der Waals surface area contributed by atoms with Crippen LogP contribution in [0.5, 0.6) is 0 Å². The van der Waals surface area contributed by atoms with E-state index in [0.29, 0.717) is 18.8 Å². The Bertz CT molecular complexity index is 148. The Morgan fingerprint density at radius 1 is 1.54 bits per heavy atom. The highest BCUT2D eigenvalue weighted by molar-refractivity contribution is 5.75. The molecule has 0 aliphatic heterocycles. The quantitative estimate of drug-likeness (QED) is 0.680. The Labute approximate surface area is 80.7 Å². The average molecular weight is 187 g/mol. The molecular formula is C10H21NO2. The maximum Gasteiger partial charge on any atom is 0.222 e. The van der Waals surface area contributed by atoms with E-state index < -0.39 is 0 Å². The number of hydrogen-bond donors (Lipinski definition) is 1. The lowest BCUT2D eigenvalue weighted by Crippen LogP contribution is -2.30. The highest BCUT2D eigenvalue weighted by atomic mass is 16.3. The van der Waals surface area contributed by atoms with E-state index in [1.54, 1.807) is 4.90 Å². The standard InChI is InChI=1S/C10H21NO2/c1-4-9(2)8-11(3)10(13)6-5-7-12/h9,12H,4-8H2,1-3H3. The van der Waals surface area contributed by atoms with Gasteiger partial charge in [0.15, 0.2) is 0 Å². The second-order valence-corrected chi connectivity index (χ2v) is 3.61.